The molecule has 80 valence electrons. The van der Waals surface area contributed by atoms with Gasteiger partial charge in [0.1, 0.15) is 0 Å². The van der Waals surface area contributed by atoms with Gasteiger partial charge in [-0.25, -0.2) is 4.79 Å². The maximum atomic E-state index is 10.4. The Bertz CT molecular complexity index is 226. The van der Waals surface area contributed by atoms with E-state index in [1.54, 1.807) is 0 Å². The number of hydrogen-bond donors (Lipinski definition) is 3. The molecule has 5 nitrogen and oxygen atoms in total. The van der Waals surface area contributed by atoms with Crippen LogP contribution in [0.15, 0.2) is 0 Å². The van der Waals surface area contributed by atoms with Crippen LogP contribution < -0.4 is 10.6 Å². The topological polar surface area (TPSA) is 70.6 Å². The Morgan fingerprint density at radius 1 is 1.50 bits per heavy atom. The summed E-state index contributed by atoms with van der Waals surface area (Å²) in [5.41, 5.74) is -0.0572. The quantitative estimate of drug-likeness (QED) is 0.564. The summed E-state index contributed by atoms with van der Waals surface area (Å²) in [6.45, 7) is 2.46. The summed E-state index contributed by atoms with van der Waals surface area (Å²) in [5.74, 6) is 0. The van der Waals surface area contributed by atoms with Crippen molar-refractivity contribution < 1.29 is 14.6 Å². The van der Waals surface area contributed by atoms with E-state index in [1.165, 1.54) is 0 Å². The van der Waals surface area contributed by atoms with E-state index in [0.29, 0.717) is 6.61 Å². The van der Waals surface area contributed by atoms with E-state index >= 15 is 0 Å². The zero-order valence-electron chi connectivity index (χ0n) is 8.08. The van der Waals surface area contributed by atoms with Crippen molar-refractivity contribution in [2.45, 2.75) is 30.9 Å². The highest BCUT2D eigenvalue weighted by molar-refractivity contribution is 5.64. The van der Waals surface area contributed by atoms with Crippen molar-refractivity contribution in [2.75, 3.05) is 19.7 Å². The van der Waals surface area contributed by atoms with Crippen LogP contribution in [-0.4, -0.2) is 42.5 Å². The molecular formula is C9H16N2O3. The second-order valence-electron chi connectivity index (χ2n) is 4.09. The molecule has 14 heavy (non-hydrogen) atoms. The molecule has 1 spiro atoms. The van der Waals surface area contributed by atoms with Crippen LogP contribution in [0, 0.1) is 0 Å². The third-order valence-corrected chi connectivity index (χ3v) is 3.05. The zero-order chi connectivity index (χ0) is 10.0. The van der Waals surface area contributed by atoms with E-state index in [4.69, 9.17) is 9.84 Å². The Hall–Kier alpha value is -0.810. The first-order chi connectivity index (χ1) is 6.70. The molecule has 3 N–H and O–H groups in total. The molecule has 2 saturated heterocycles. The highest BCUT2D eigenvalue weighted by Crippen LogP contribution is 2.33. The summed E-state index contributed by atoms with van der Waals surface area (Å²) < 4.78 is 5.73. The molecule has 2 heterocycles. The lowest BCUT2D eigenvalue weighted by atomic mass is 9.88. The molecule has 0 aliphatic carbocycles. The minimum Gasteiger partial charge on any atom is -0.465 e. The molecule has 0 unspecified atom stereocenters. The predicted molar refractivity (Wildman–Crippen MR) is 50.4 cm³/mol. The van der Waals surface area contributed by atoms with Gasteiger partial charge in [-0.2, -0.15) is 0 Å². The van der Waals surface area contributed by atoms with Crippen molar-refractivity contribution in [2.24, 2.45) is 0 Å². The Labute approximate surface area is 82.8 Å². The van der Waals surface area contributed by atoms with Crippen LogP contribution in [0.2, 0.25) is 0 Å². The van der Waals surface area contributed by atoms with Crippen LogP contribution in [-0.2, 0) is 4.74 Å². The number of hydrogen-bond acceptors (Lipinski definition) is 3. The summed E-state index contributed by atoms with van der Waals surface area (Å²) in [5, 5.41) is 14.3. The highest BCUT2D eigenvalue weighted by atomic mass is 16.5. The molecule has 5 heteroatoms. The molecule has 2 aliphatic heterocycles. The Morgan fingerprint density at radius 2 is 2.21 bits per heavy atom. The molecular weight excluding hydrogens is 184 g/mol. The summed E-state index contributed by atoms with van der Waals surface area (Å²) in [6, 6.07) is -0.0226. The molecule has 0 bridgehead atoms. The van der Waals surface area contributed by atoms with Crippen molar-refractivity contribution in [1.29, 1.82) is 0 Å². The van der Waals surface area contributed by atoms with Crippen molar-refractivity contribution in [3.63, 3.8) is 0 Å². The first-order valence-electron chi connectivity index (χ1n) is 5.04. The molecule has 2 rings (SSSR count). The molecule has 0 radical (unpaired) electrons. The number of piperidine rings is 1. The fourth-order valence-electron chi connectivity index (χ4n) is 2.34. The largest absolute Gasteiger partial charge is 0.465 e. The average Bonchev–Trinajstić information content (AvgIpc) is 2.49. The van der Waals surface area contributed by atoms with Gasteiger partial charge in [-0.15, -0.1) is 0 Å². The molecule has 0 saturated carbocycles. The molecule has 0 aromatic rings. The lowest BCUT2D eigenvalue weighted by Gasteiger charge is -2.32. The van der Waals surface area contributed by atoms with Crippen LogP contribution in [0.25, 0.3) is 0 Å². The monoisotopic (exact) mass is 200 g/mol. The molecule has 2 aliphatic rings. The van der Waals surface area contributed by atoms with Crippen LogP contribution >= 0.6 is 0 Å². The smallest absolute Gasteiger partial charge is 0.404 e. The van der Waals surface area contributed by atoms with Gasteiger partial charge in [0.2, 0.25) is 0 Å². The molecule has 1 atom stereocenters. The van der Waals surface area contributed by atoms with Crippen molar-refractivity contribution in [3.8, 4) is 0 Å². The summed E-state index contributed by atoms with van der Waals surface area (Å²) in [4.78, 5) is 10.4. The van der Waals surface area contributed by atoms with Crippen molar-refractivity contribution >= 4 is 6.09 Å². The molecule has 0 aromatic carbocycles. The van der Waals surface area contributed by atoms with Crippen LogP contribution in [0.3, 0.4) is 0 Å². The third-order valence-electron chi connectivity index (χ3n) is 3.05. The molecule has 0 aromatic heterocycles. The zero-order valence-corrected chi connectivity index (χ0v) is 8.08. The predicted octanol–water partition coefficient (Wildman–Crippen LogP) is 0.165. The van der Waals surface area contributed by atoms with Crippen LogP contribution in [0.5, 0.6) is 0 Å². The van der Waals surface area contributed by atoms with Gasteiger partial charge < -0.3 is 20.5 Å². The summed E-state index contributed by atoms with van der Waals surface area (Å²) >= 11 is 0. The third kappa shape index (κ3) is 1.99. The van der Waals surface area contributed by atoms with Gasteiger partial charge >= 0.3 is 6.09 Å². The van der Waals surface area contributed by atoms with E-state index in [2.05, 4.69) is 10.6 Å². The number of ether oxygens (including phenoxy) is 1. The maximum Gasteiger partial charge on any atom is 0.404 e. The van der Waals surface area contributed by atoms with E-state index in [1.807, 2.05) is 0 Å². The number of amides is 1. The van der Waals surface area contributed by atoms with Gasteiger partial charge in [0.05, 0.1) is 18.2 Å². The lowest BCUT2D eigenvalue weighted by molar-refractivity contribution is -0.0194. The van der Waals surface area contributed by atoms with E-state index in [0.717, 1.165) is 32.4 Å². The maximum absolute atomic E-state index is 10.4. The second-order valence-corrected chi connectivity index (χ2v) is 4.09. The Kier molecular flexibility index (Phi) is 2.60. The number of rotatable bonds is 1. The fraction of sp³-hybridized carbons (Fsp3) is 0.889. The van der Waals surface area contributed by atoms with Gasteiger partial charge in [0.15, 0.2) is 0 Å². The van der Waals surface area contributed by atoms with E-state index in [-0.39, 0.29) is 11.6 Å². The Morgan fingerprint density at radius 3 is 2.86 bits per heavy atom. The average molecular weight is 200 g/mol. The van der Waals surface area contributed by atoms with Gasteiger partial charge in [0, 0.05) is 0 Å². The van der Waals surface area contributed by atoms with Crippen molar-refractivity contribution in [1.82, 2.24) is 10.6 Å². The normalized spacial score (nSPS) is 30.4. The second kappa shape index (κ2) is 3.74. The standard InChI is InChI=1S/C9H16N2O3/c12-8(13)11-7-5-9(14-6-7)1-3-10-4-2-9/h7,10-11H,1-6H2,(H,12,13)/t7-/m0/s1. The van der Waals surface area contributed by atoms with Crippen LogP contribution in [0.4, 0.5) is 4.79 Å². The minimum absolute atomic E-state index is 0.0226. The minimum atomic E-state index is -0.954. The summed E-state index contributed by atoms with van der Waals surface area (Å²) in [7, 11) is 0. The van der Waals surface area contributed by atoms with Crippen LogP contribution in [0.1, 0.15) is 19.3 Å². The summed E-state index contributed by atoms with van der Waals surface area (Å²) in [6.07, 6.45) is 1.85. The lowest BCUT2D eigenvalue weighted by Crippen LogP contribution is -2.42. The fourth-order valence-corrected chi connectivity index (χ4v) is 2.34. The number of nitrogens with one attached hydrogen (secondary N) is 2. The Balaban J connectivity index is 1.89. The molecule has 2 fully saturated rings. The number of carboxylic acid groups (broad SMARTS) is 1. The van der Waals surface area contributed by atoms with Gasteiger partial charge in [-0.05, 0) is 32.4 Å². The van der Waals surface area contributed by atoms with E-state index < -0.39 is 6.09 Å². The SMILES string of the molecule is O=C(O)N[C@@H]1COC2(CCNCC2)C1. The van der Waals surface area contributed by atoms with Gasteiger partial charge in [-0.3, -0.25) is 0 Å². The van der Waals surface area contributed by atoms with Gasteiger partial charge in [-0.1, -0.05) is 0 Å². The first-order valence-corrected chi connectivity index (χ1v) is 5.04. The van der Waals surface area contributed by atoms with Crippen molar-refractivity contribution in [3.05, 3.63) is 0 Å². The van der Waals surface area contributed by atoms with Gasteiger partial charge in [0.25, 0.3) is 0 Å². The molecule has 1 amide bonds. The van der Waals surface area contributed by atoms with E-state index in [9.17, 15) is 4.79 Å². The number of carbonyl (C=O) groups is 1. The first kappa shape index (κ1) is 9.73. The highest BCUT2D eigenvalue weighted by Gasteiger charge is 2.41.